The predicted molar refractivity (Wildman–Crippen MR) is 78.7 cm³/mol. The van der Waals surface area contributed by atoms with Gasteiger partial charge in [0.05, 0.1) is 4.90 Å². The van der Waals surface area contributed by atoms with Gasteiger partial charge in [-0.25, -0.2) is 13.1 Å². The van der Waals surface area contributed by atoms with Crippen LogP contribution in [0.4, 0.5) is 0 Å². The Morgan fingerprint density at radius 1 is 1.25 bits per heavy atom. The molecule has 1 aliphatic carbocycles. The quantitative estimate of drug-likeness (QED) is 0.898. The van der Waals surface area contributed by atoms with Crippen molar-refractivity contribution in [3.63, 3.8) is 0 Å². The molecule has 2 aliphatic rings. The predicted octanol–water partition coefficient (Wildman–Crippen LogP) is 2.15. The van der Waals surface area contributed by atoms with Gasteiger partial charge >= 0.3 is 0 Å². The average Bonchev–Trinajstić information content (AvgIpc) is 2.94. The number of rotatable bonds is 3. The number of fused-ring (bicyclic) bond motifs is 1. The van der Waals surface area contributed by atoms with Crippen molar-refractivity contribution in [2.45, 2.75) is 57.1 Å². The molecule has 1 heterocycles. The number of hydrogen-bond acceptors (Lipinski definition) is 3. The first-order chi connectivity index (χ1) is 9.36. The van der Waals surface area contributed by atoms with E-state index in [0.717, 1.165) is 37.9 Å². The second-order valence-corrected chi connectivity index (χ2v) is 8.47. The summed E-state index contributed by atoms with van der Waals surface area (Å²) in [5.74, 6) is 0. The second-order valence-electron chi connectivity index (χ2n) is 6.76. The van der Waals surface area contributed by atoms with Crippen molar-refractivity contribution in [2.75, 3.05) is 0 Å². The van der Waals surface area contributed by atoms with Crippen LogP contribution in [-0.2, 0) is 23.1 Å². The van der Waals surface area contributed by atoms with Gasteiger partial charge in [-0.3, -0.25) is 0 Å². The summed E-state index contributed by atoms with van der Waals surface area (Å²) in [7, 11) is -3.39. The molecule has 0 spiro atoms. The largest absolute Gasteiger partial charge is 0.309 e. The zero-order chi connectivity index (χ0) is 14.4. The number of sulfonamides is 1. The Bertz CT molecular complexity index is 623. The van der Waals surface area contributed by atoms with Crippen molar-refractivity contribution in [1.82, 2.24) is 10.0 Å². The lowest BCUT2D eigenvalue weighted by molar-refractivity contribution is 0.372. The Kier molecular flexibility index (Phi) is 3.39. The van der Waals surface area contributed by atoms with Gasteiger partial charge in [-0.05, 0) is 47.9 Å². The van der Waals surface area contributed by atoms with Gasteiger partial charge in [0.15, 0.2) is 0 Å². The molecule has 1 fully saturated rings. The molecule has 2 N–H and O–H groups in total. The Hall–Kier alpha value is -0.910. The average molecular weight is 294 g/mol. The van der Waals surface area contributed by atoms with E-state index in [4.69, 9.17) is 0 Å². The van der Waals surface area contributed by atoms with E-state index in [1.165, 1.54) is 5.56 Å². The minimum atomic E-state index is -3.39. The summed E-state index contributed by atoms with van der Waals surface area (Å²) < 4.78 is 27.8. The van der Waals surface area contributed by atoms with Crippen LogP contribution < -0.4 is 10.0 Å². The lowest BCUT2D eigenvalue weighted by atomic mass is 9.92. The minimum absolute atomic E-state index is 0.0707. The van der Waals surface area contributed by atoms with E-state index in [9.17, 15) is 8.42 Å². The maximum absolute atomic E-state index is 12.5. The zero-order valence-electron chi connectivity index (χ0n) is 12.1. The SMILES string of the molecule is CC1(C)CCC(NS(=O)(=O)c2ccc3c(c2)CNC3)C1. The number of nitrogens with one attached hydrogen (secondary N) is 2. The lowest BCUT2D eigenvalue weighted by Gasteiger charge is -2.18. The minimum Gasteiger partial charge on any atom is -0.309 e. The Labute approximate surface area is 121 Å². The number of benzene rings is 1. The summed E-state index contributed by atoms with van der Waals surface area (Å²) in [4.78, 5) is 0.393. The first kappa shape index (κ1) is 14.0. The van der Waals surface area contributed by atoms with E-state index in [0.29, 0.717) is 4.90 Å². The van der Waals surface area contributed by atoms with Crippen molar-refractivity contribution in [2.24, 2.45) is 5.41 Å². The monoisotopic (exact) mass is 294 g/mol. The molecule has 0 amide bonds. The summed E-state index contributed by atoms with van der Waals surface area (Å²) in [6.45, 7) is 5.99. The molecule has 3 rings (SSSR count). The highest BCUT2D eigenvalue weighted by Gasteiger charge is 2.33. The van der Waals surface area contributed by atoms with E-state index in [-0.39, 0.29) is 11.5 Å². The lowest BCUT2D eigenvalue weighted by Crippen LogP contribution is -2.33. The molecule has 1 aromatic carbocycles. The van der Waals surface area contributed by atoms with Crippen molar-refractivity contribution in [1.29, 1.82) is 0 Å². The molecule has 0 aromatic heterocycles. The van der Waals surface area contributed by atoms with Gasteiger partial charge < -0.3 is 5.32 Å². The van der Waals surface area contributed by atoms with Gasteiger partial charge in [0.1, 0.15) is 0 Å². The molecule has 20 heavy (non-hydrogen) atoms. The van der Waals surface area contributed by atoms with Crippen LogP contribution in [0.5, 0.6) is 0 Å². The van der Waals surface area contributed by atoms with E-state index in [1.807, 2.05) is 6.07 Å². The topological polar surface area (TPSA) is 58.2 Å². The number of hydrogen-bond donors (Lipinski definition) is 2. The Morgan fingerprint density at radius 2 is 2.00 bits per heavy atom. The highest BCUT2D eigenvalue weighted by atomic mass is 32.2. The third kappa shape index (κ3) is 2.75. The van der Waals surface area contributed by atoms with E-state index >= 15 is 0 Å². The fourth-order valence-electron chi connectivity index (χ4n) is 3.26. The molecule has 1 unspecified atom stereocenters. The molecule has 5 heteroatoms. The van der Waals surface area contributed by atoms with Gasteiger partial charge in [-0.2, -0.15) is 0 Å². The molecule has 0 bridgehead atoms. The van der Waals surface area contributed by atoms with Crippen LogP contribution in [0, 0.1) is 5.41 Å². The standard InChI is InChI=1S/C15H22N2O2S/c1-15(2)6-5-13(8-15)17-20(18,19)14-4-3-11-9-16-10-12(11)7-14/h3-4,7,13,16-17H,5-6,8-10H2,1-2H3. The molecule has 1 aromatic rings. The molecule has 0 saturated heterocycles. The molecule has 4 nitrogen and oxygen atoms in total. The Morgan fingerprint density at radius 3 is 2.70 bits per heavy atom. The van der Waals surface area contributed by atoms with E-state index < -0.39 is 10.0 Å². The zero-order valence-corrected chi connectivity index (χ0v) is 12.9. The molecule has 1 saturated carbocycles. The third-order valence-electron chi connectivity index (χ3n) is 4.41. The van der Waals surface area contributed by atoms with Crippen LogP contribution in [0.25, 0.3) is 0 Å². The van der Waals surface area contributed by atoms with Gasteiger partial charge in [-0.1, -0.05) is 19.9 Å². The van der Waals surface area contributed by atoms with Crippen LogP contribution in [0.2, 0.25) is 0 Å². The Balaban J connectivity index is 1.79. The van der Waals surface area contributed by atoms with E-state index in [2.05, 4.69) is 23.9 Å². The first-order valence-corrected chi connectivity index (χ1v) is 8.69. The highest BCUT2D eigenvalue weighted by Crippen LogP contribution is 2.37. The van der Waals surface area contributed by atoms with Crippen LogP contribution >= 0.6 is 0 Å². The first-order valence-electron chi connectivity index (χ1n) is 7.21. The summed E-state index contributed by atoms with van der Waals surface area (Å²) in [6, 6.07) is 5.51. The molecule has 1 aliphatic heterocycles. The van der Waals surface area contributed by atoms with Gasteiger partial charge in [-0.15, -0.1) is 0 Å². The fourth-order valence-corrected chi connectivity index (χ4v) is 4.58. The van der Waals surface area contributed by atoms with Crippen molar-refractivity contribution < 1.29 is 8.42 Å². The maximum atomic E-state index is 12.5. The van der Waals surface area contributed by atoms with Gasteiger partial charge in [0.25, 0.3) is 0 Å². The summed E-state index contributed by atoms with van der Waals surface area (Å²) in [6.07, 6.45) is 2.92. The van der Waals surface area contributed by atoms with E-state index in [1.54, 1.807) is 12.1 Å². The highest BCUT2D eigenvalue weighted by molar-refractivity contribution is 7.89. The van der Waals surface area contributed by atoms with Crippen LogP contribution in [0.3, 0.4) is 0 Å². The fraction of sp³-hybridized carbons (Fsp3) is 0.600. The maximum Gasteiger partial charge on any atom is 0.240 e. The smallest absolute Gasteiger partial charge is 0.240 e. The normalized spacial score (nSPS) is 24.8. The molecular weight excluding hydrogens is 272 g/mol. The molecular formula is C15H22N2O2S. The third-order valence-corrected chi connectivity index (χ3v) is 5.93. The molecule has 110 valence electrons. The van der Waals surface area contributed by atoms with Crippen molar-refractivity contribution in [3.05, 3.63) is 29.3 Å². The molecule has 1 atom stereocenters. The molecule has 0 radical (unpaired) electrons. The summed E-state index contributed by atoms with van der Waals surface area (Å²) >= 11 is 0. The van der Waals surface area contributed by atoms with Gasteiger partial charge in [0.2, 0.25) is 10.0 Å². The van der Waals surface area contributed by atoms with Crippen LogP contribution in [0.15, 0.2) is 23.1 Å². The summed E-state index contributed by atoms with van der Waals surface area (Å²) in [5, 5.41) is 3.24. The van der Waals surface area contributed by atoms with Crippen molar-refractivity contribution in [3.8, 4) is 0 Å². The van der Waals surface area contributed by atoms with Crippen LogP contribution in [-0.4, -0.2) is 14.5 Å². The van der Waals surface area contributed by atoms with Crippen molar-refractivity contribution >= 4 is 10.0 Å². The van der Waals surface area contributed by atoms with Gasteiger partial charge in [0, 0.05) is 19.1 Å². The summed E-state index contributed by atoms with van der Waals surface area (Å²) in [5.41, 5.74) is 2.54. The van der Waals surface area contributed by atoms with Crippen LogP contribution in [0.1, 0.15) is 44.2 Å². The second kappa shape index (κ2) is 4.83.